The molecular weight excluding hydrogens is 235 g/mol. The number of benzene rings is 2. The van der Waals surface area contributed by atoms with Crippen LogP contribution in [-0.2, 0) is 9.31 Å². The largest absolute Gasteiger partial charge is 0.454 e. The van der Waals surface area contributed by atoms with Gasteiger partial charge in [-0.05, 0) is 17.9 Å². The molecule has 0 amide bonds. The zero-order valence-electron chi connectivity index (χ0n) is 11.0. The molecule has 1 heterocycles. The van der Waals surface area contributed by atoms with E-state index in [-0.39, 0.29) is 19.3 Å². The van der Waals surface area contributed by atoms with E-state index in [2.05, 4.69) is 48.5 Å². The molecule has 19 heavy (non-hydrogen) atoms. The molecule has 0 aliphatic carbocycles. The fourth-order valence-corrected chi connectivity index (χ4v) is 2.56. The summed E-state index contributed by atoms with van der Waals surface area (Å²) in [5.74, 6) is 0. The molecule has 0 aromatic heterocycles. The van der Waals surface area contributed by atoms with Gasteiger partial charge >= 0.3 is 7.12 Å². The van der Waals surface area contributed by atoms with Crippen LogP contribution in [0, 0.1) is 0 Å². The lowest BCUT2D eigenvalue weighted by atomic mass is 9.86. The van der Waals surface area contributed by atoms with Crippen molar-refractivity contribution in [1.82, 2.24) is 0 Å². The molecule has 0 saturated carbocycles. The molecule has 0 radical (unpaired) electrons. The summed E-state index contributed by atoms with van der Waals surface area (Å²) in [7, 11) is -0.177. The van der Waals surface area contributed by atoms with E-state index in [9.17, 15) is 0 Å². The van der Waals surface area contributed by atoms with Crippen molar-refractivity contribution in [3.63, 3.8) is 0 Å². The number of rotatable bonds is 2. The summed E-state index contributed by atoms with van der Waals surface area (Å²) < 4.78 is 11.8. The van der Waals surface area contributed by atoms with E-state index in [0.717, 1.165) is 6.42 Å². The Morgan fingerprint density at radius 3 is 1.63 bits per heavy atom. The van der Waals surface area contributed by atoms with Crippen molar-refractivity contribution >= 4 is 7.12 Å². The summed E-state index contributed by atoms with van der Waals surface area (Å²) >= 11 is 0. The second-order valence-corrected chi connectivity index (χ2v) is 4.87. The molecule has 1 aliphatic heterocycles. The minimum atomic E-state index is -0.177. The van der Waals surface area contributed by atoms with E-state index < -0.39 is 0 Å². The Labute approximate surface area is 114 Å². The van der Waals surface area contributed by atoms with Crippen LogP contribution < -0.4 is 0 Å². The Hall–Kier alpha value is -1.58. The maximum absolute atomic E-state index is 5.90. The topological polar surface area (TPSA) is 18.5 Å². The zero-order chi connectivity index (χ0) is 13.1. The highest BCUT2D eigenvalue weighted by Crippen LogP contribution is 2.36. The molecule has 3 rings (SSSR count). The van der Waals surface area contributed by atoms with Gasteiger partial charge in [0, 0.05) is 6.42 Å². The standard InChI is InChI=1S/C16H17BO2/c1-17-18-15(13-8-4-2-5-9-13)12-16(19-17)14-10-6-3-7-11-14/h2-11,15-16H,12H2,1H3. The molecule has 0 spiro atoms. The third-order valence-electron chi connectivity index (χ3n) is 3.48. The lowest BCUT2D eigenvalue weighted by Gasteiger charge is -2.33. The molecular formula is C16H17BO2. The van der Waals surface area contributed by atoms with Gasteiger partial charge in [0.2, 0.25) is 0 Å². The Morgan fingerprint density at radius 1 is 0.789 bits per heavy atom. The van der Waals surface area contributed by atoms with E-state index >= 15 is 0 Å². The highest BCUT2D eigenvalue weighted by molar-refractivity contribution is 6.42. The maximum atomic E-state index is 5.90. The molecule has 2 aromatic carbocycles. The first-order valence-corrected chi connectivity index (χ1v) is 6.74. The molecule has 1 aliphatic rings. The lowest BCUT2D eigenvalue weighted by molar-refractivity contribution is 0.0170. The minimum absolute atomic E-state index is 0.107. The number of hydrogen-bond acceptors (Lipinski definition) is 2. The van der Waals surface area contributed by atoms with Gasteiger partial charge in [-0.3, -0.25) is 0 Å². The van der Waals surface area contributed by atoms with Gasteiger partial charge in [0.15, 0.2) is 0 Å². The molecule has 1 saturated heterocycles. The summed E-state index contributed by atoms with van der Waals surface area (Å²) in [6, 6.07) is 20.7. The van der Waals surface area contributed by atoms with Crippen molar-refractivity contribution in [3.05, 3.63) is 71.8 Å². The first-order chi connectivity index (χ1) is 9.33. The Balaban J connectivity index is 1.82. The van der Waals surface area contributed by atoms with Gasteiger partial charge in [-0.15, -0.1) is 0 Å². The van der Waals surface area contributed by atoms with E-state index in [1.165, 1.54) is 11.1 Å². The van der Waals surface area contributed by atoms with Gasteiger partial charge in [0.05, 0.1) is 12.2 Å². The van der Waals surface area contributed by atoms with Crippen molar-refractivity contribution < 1.29 is 9.31 Å². The molecule has 96 valence electrons. The van der Waals surface area contributed by atoms with Crippen LogP contribution in [0.25, 0.3) is 0 Å². The normalized spacial score (nSPS) is 23.3. The highest BCUT2D eigenvalue weighted by Gasteiger charge is 2.32. The molecule has 3 heteroatoms. The highest BCUT2D eigenvalue weighted by atomic mass is 16.6. The summed E-state index contributed by atoms with van der Waals surface area (Å²) in [5, 5.41) is 0. The first kappa shape index (κ1) is 12.5. The van der Waals surface area contributed by atoms with Crippen LogP contribution in [0.4, 0.5) is 0 Å². The molecule has 0 N–H and O–H groups in total. The quantitative estimate of drug-likeness (QED) is 0.751. The fraction of sp³-hybridized carbons (Fsp3) is 0.250. The minimum Gasteiger partial charge on any atom is -0.404 e. The average molecular weight is 252 g/mol. The molecule has 0 bridgehead atoms. The summed E-state index contributed by atoms with van der Waals surface area (Å²) in [5.41, 5.74) is 2.44. The maximum Gasteiger partial charge on any atom is 0.454 e. The second-order valence-electron chi connectivity index (χ2n) is 4.87. The van der Waals surface area contributed by atoms with Gasteiger partial charge in [-0.2, -0.15) is 0 Å². The zero-order valence-corrected chi connectivity index (χ0v) is 11.0. The fourth-order valence-electron chi connectivity index (χ4n) is 2.56. The first-order valence-electron chi connectivity index (χ1n) is 6.74. The predicted molar refractivity (Wildman–Crippen MR) is 76.8 cm³/mol. The van der Waals surface area contributed by atoms with Gasteiger partial charge < -0.3 is 9.31 Å². The van der Waals surface area contributed by atoms with Crippen LogP contribution in [0.5, 0.6) is 0 Å². The summed E-state index contributed by atoms with van der Waals surface area (Å²) in [6.07, 6.45) is 1.07. The molecule has 1 fully saturated rings. The van der Waals surface area contributed by atoms with Crippen LogP contribution in [-0.4, -0.2) is 7.12 Å². The van der Waals surface area contributed by atoms with Crippen LogP contribution in [0.3, 0.4) is 0 Å². The number of hydrogen-bond donors (Lipinski definition) is 0. The molecule has 2 aromatic rings. The van der Waals surface area contributed by atoms with Crippen molar-refractivity contribution in [3.8, 4) is 0 Å². The summed E-state index contributed by atoms with van der Waals surface area (Å²) in [6.45, 7) is 1.96. The SMILES string of the molecule is CB1OC(c2ccccc2)CC(c2ccccc2)O1. The Morgan fingerprint density at radius 2 is 1.21 bits per heavy atom. The van der Waals surface area contributed by atoms with Crippen molar-refractivity contribution in [2.45, 2.75) is 25.5 Å². The van der Waals surface area contributed by atoms with E-state index in [0.29, 0.717) is 0 Å². The average Bonchev–Trinajstić information content (AvgIpc) is 2.48. The Bertz CT molecular complexity index is 467. The van der Waals surface area contributed by atoms with E-state index in [1.54, 1.807) is 0 Å². The Kier molecular flexibility index (Phi) is 3.67. The molecule has 2 unspecified atom stereocenters. The van der Waals surface area contributed by atoms with Crippen molar-refractivity contribution in [2.24, 2.45) is 0 Å². The van der Waals surface area contributed by atoms with Crippen LogP contribution in [0.15, 0.2) is 60.7 Å². The monoisotopic (exact) mass is 252 g/mol. The van der Waals surface area contributed by atoms with E-state index in [4.69, 9.17) is 9.31 Å². The predicted octanol–water partition coefficient (Wildman–Crippen LogP) is 4.02. The third-order valence-corrected chi connectivity index (χ3v) is 3.48. The second kappa shape index (κ2) is 5.60. The molecule has 2 nitrogen and oxygen atoms in total. The van der Waals surface area contributed by atoms with Crippen molar-refractivity contribution in [1.29, 1.82) is 0 Å². The third kappa shape index (κ3) is 2.88. The van der Waals surface area contributed by atoms with Crippen molar-refractivity contribution in [2.75, 3.05) is 0 Å². The smallest absolute Gasteiger partial charge is 0.404 e. The van der Waals surface area contributed by atoms with Gasteiger partial charge in [-0.25, -0.2) is 0 Å². The van der Waals surface area contributed by atoms with Gasteiger partial charge in [0.1, 0.15) is 0 Å². The summed E-state index contributed by atoms with van der Waals surface area (Å²) in [4.78, 5) is 0. The van der Waals surface area contributed by atoms with Crippen LogP contribution >= 0.6 is 0 Å². The van der Waals surface area contributed by atoms with Crippen LogP contribution in [0.2, 0.25) is 6.82 Å². The van der Waals surface area contributed by atoms with Gasteiger partial charge in [-0.1, -0.05) is 60.7 Å². The molecule has 2 atom stereocenters. The van der Waals surface area contributed by atoms with Gasteiger partial charge in [0.25, 0.3) is 0 Å². The van der Waals surface area contributed by atoms with Crippen LogP contribution in [0.1, 0.15) is 29.8 Å². The lowest BCUT2D eigenvalue weighted by Crippen LogP contribution is -2.31. The van der Waals surface area contributed by atoms with E-state index in [1.807, 2.05) is 19.0 Å².